The van der Waals surface area contributed by atoms with Gasteiger partial charge in [-0.25, -0.2) is 4.98 Å². The molecule has 0 unspecified atom stereocenters. The summed E-state index contributed by atoms with van der Waals surface area (Å²) in [4.78, 5) is 19.4. The Morgan fingerprint density at radius 3 is 2.45 bits per heavy atom. The van der Waals surface area contributed by atoms with Crippen molar-refractivity contribution in [2.24, 2.45) is 0 Å². The zero-order valence-corrected chi connectivity index (χ0v) is 17.9. The van der Waals surface area contributed by atoms with E-state index in [0.717, 1.165) is 29.3 Å². The zero-order valence-electron chi connectivity index (χ0n) is 17.1. The maximum atomic E-state index is 12.8. The molecule has 1 aromatic heterocycles. The first-order valence-electron chi connectivity index (χ1n) is 10.1. The lowest BCUT2D eigenvalue weighted by Gasteiger charge is -2.31. The highest BCUT2D eigenvalue weighted by Crippen LogP contribution is 2.33. The molecule has 0 N–H and O–H groups in total. The zero-order chi connectivity index (χ0) is 20.4. The Morgan fingerprint density at radius 2 is 1.79 bits per heavy atom. The third-order valence-electron chi connectivity index (χ3n) is 5.33. The van der Waals surface area contributed by atoms with Crippen LogP contribution in [0.2, 0.25) is 0 Å². The summed E-state index contributed by atoms with van der Waals surface area (Å²) in [6, 6.07) is 11.6. The monoisotopic (exact) mass is 410 g/mol. The predicted molar refractivity (Wildman–Crippen MR) is 116 cm³/mol. The molecule has 0 spiro atoms. The molecule has 0 saturated carbocycles. The van der Waals surface area contributed by atoms with Crippen molar-refractivity contribution < 1.29 is 14.3 Å². The fourth-order valence-corrected chi connectivity index (χ4v) is 4.68. The molecule has 0 aliphatic carbocycles. The highest BCUT2D eigenvalue weighted by Gasteiger charge is 2.25. The van der Waals surface area contributed by atoms with E-state index in [1.54, 1.807) is 11.3 Å². The number of aromatic nitrogens is 1. The van der Waals surface area contributed by atoms with Crippen LogP contribution in [-0.4, -0.2) is 41.6 Å². The number of thiazole rings is 1. The Hall–Kier alpha value is -2.60. The molecule has 4 rings (SSSR count). The average molecular weight is 411 g/mol. The number of rotatable bonds is 5. The minimum absolute atomic E-state index is 0.0673. The van der Waals surface area contributed by atoms with E-state index >= 15 is 0 Å². The predicted octanol–water partition coefficient (Wildman–Crippen LogP) is 5.00. The van der Waals surface area contributed by atoms with Crippen LogP contribution >= 0.6 is 11.3 Å². The summed E-state index contributed by atoms with van der Waals surface area (Å²) in [5.41, 5.74) is 4.14. The number of carbonyl (C=O) groups excluding carboxylic acids is 1. The lowest BCUT2D eigenvalue weighted by molar-refractivity contribution is 0.0595. The van der Waals surface area contributed by atoms with Crippen LogP contribution in [0.1, 0.15) is 41.3 Å². The Bertz CT molecular complexity index is 966. The van der Waals surface area contributed by atoms with Crippen molar-refractivity contribution in [3.05, 3.63) is 53.1 Å². The van der Waals surface area contributed by atoms with Crippen molar-refractivity contribution >= 4 is 27.5 Å². The fourth-order valence-electron chi connectivity index (χ4n) is 3.65. The van der Waals surface area contributed by atoms with Crippen LogP contribution in [0, 0.1) is 13.8 Å². The number of nitrogens with zero attached hydrogens (tertiary/aromatic N) is 2. The van der Waals surface area contributed by atoms with Crippen LogP contribution in [0.5, 0.6) is 10.9 Å². The molecule has 6 heteroatoms. The van der Waals surface area contributed by atoms with Gasteiger partial charge in [0.1, 0.15) is 11.9 Å². The minimum Gasteiger partial charge on any atom is -0.494 e. The van der Waals surface area contributed by atoms with Gasteiger partial charge in [-0.1, -0.05) is 23.5 Å². The van der Waals surface area contributed by atoms with Crippen LogP contribution < -0.4 is 9.47 Å². The minimum atomic E-state index is 0.0673. The number of hydrogen-bond donors (Lipinski definition) is 0. The van der Waals surface area contributed by atoms with E-state index in [0.29, 0.717) is 25.3 Å². The van der Waals surface area contributed by atoms with E-state index < -0.39 is 0 Å². The van der Waals surface area contributed by atoms with Crippen LogP contribution in [0.15, 0.2) is 36.4 Å². The van der Waals surface area contributed by atoms with E-state index in [-0.39, 0.29) is 12.0 Å². The van der Waals surface area contributed by atoms with Gasteiger partial charge in [-0.05, 0) is 56.2 Å². The molecule has 0 radical (unpaired) electrons. The normalized spacial score (nSPS) is 14.9. The van der Waals surface area contributed by atoms with Crippen LogP contribution in [-0.2, 0) is 0 Å². The highest BCUT2D eigenvalue weighted by atomic mass is 32.1. The van der Waals surface area contributed by atoms with Crippen molar-refractivity contribution in [1.29, 1.82) is 0 Å². The van der Waals surface area contributed by atoms with Gasteiger partial charge in [0.25, 0.3) is 11.1 Å². The summed E-state index contributed by atoms with van der Waals surface area (Å²) in [7, 11) is 0. The van der Waals surface area contributed by atoms with Crippen LogP contribution in [0.3, 0.4) is 0 Å². The van der Waals surface area contributed by atoms with Crippen molar-refractivity contribution in [1.82, 2.24) is 9.88 Å². The molecule has 1 saturated heterocycles. The molecule has 29 heavy (non-hydrogen) atoms. The molecule has 5 nitrogen and oxygen atoms in total. The first-order chi connectivity index (χ1) is 14.0. The van der Waals surface area contributed by atoms with Crippen molar-refractivity contribution in [2.75, 3.05) is 19.7 Å². The molecule has 1 aliphatic rings. The Balaban J connectivity index is 1.36. The number of fused-ring (bicyclic) bond motifs is 1. The third-order valence-corrected chi connectivity index (χ3v) is 6.41. The van der Waals surface area contributed by atoms with Gasteiger partial charge >= 0.3 is 0 Å². The summed E-state index contributed by atoms with van der Waals surface area (Å²) < 4.78 is 12.8. The molecular formula is C23H26N2O3S. The van der Waals surface area contributed by atoms with Gasteiger partial charge in [0, 0.05) is 31.5 Å². The maximum Gasteiger partial charge on any atom is 0.274 e. The molecular weight excluding hydrogens is 384 g/mol. The van der Waals surface area contributed by atoms with Gasteiger partial charge in [-0.2, -0.15) is 0 Å². The first kappa shape index (κ1) is 19.7. The highest BCUT2D eigenvalue weighted by molar-refractivity contribution is 7.20. The lowest BCUT2D eigenvalue weighted by Crippen LogP contribution is -2.41. The van der Waals surface area contributed by atoms with Crippen molar-refractivity contribution in [2.45, 2.75) is 39.7 Å². The SMILES string of the molecule is CCOc1ccc(C(=O)N2CCC(Oc3nc4c(C)ccc(C)c4s3)CC2)cc1. The molecule has 0 bridgehead atoms. The van der Waals surface area contributed by atoms with Gasteiger partial charge < -0.3 is 14.4 Å². The summed E-state index contributed by atoms with van der Waals surface area (Å²) in [6.45, 7) is 8.14. The Morgan fingerprint density at radius 1 is 1.10 bits per heavy atom. The molecule has 1 aliphatic heterocycles. The van der Waals surface area contributed by atoms with Gasteiger partial charge in [0.2, 0.25) is 0 Å². The van der Waals surface area contributed by atoms with E-state index in [4.69, 9.17) is 14.5 Å². The smallest absolute Gasteiger partial charge is 0.274 e. The van der Waals surface area contributed by atoms with Gasteiger partial charge in [-0.3, -0.25) is 4.79 Å². The number of carbonyl (C=O) groups is 1. The number of ether oxygens (including phenoxy) is 2. The maximum absolute atomic E-state index is 12.8. The van der Waals surface area contributed by atoms with E-state index in [9.17, 15) is 4.79 Å². The average Bonchev–Trinajstić information content (AvgIpc) is 3.17. The standard InChI is InChI=1S/C23H26N2O3S/c1-4-27-18-9-7-17(8-10-18)22(26)25-13-11-19(12-14-25)28-23-24-20-15(2)5-6-16(3)21(20)29-23/h5-10,19H,4,11-14H2,1-3H3. The number of amides is 1. The van der Waals surface area contributed by atoms with Crippen molar-refractivity contribution in [3.63, 3.8) is 0 Å². The van der Waals surface area contributed by atoms with E-state index in [2.05, 4.69) is 26.0 Å². The summed E-state index contributed by atoms with van der Waals surface area (Å²) in [5.74, 6) is 0.857. The van der Waals surface area contributed by atoms with Gasteiger partial charge in [0.05, 0.1) is 16.8 Å². The third kappa shape index (κ3) is 4.22. The number of aryl methyl sites for hydroxylation is 2. The summed E-state index contributed by atoms with van der Waals surface area (Å²) >= 11 is 1.62. The topological polar surface area (TPSA) is 51.7 Å². The van der Waals surface area contributed by atoms with Gasteiger partial charge in [0.15, 0.2) is 0 Å². The number of benzene rings is 2. The summed E-state index contributed by atoms with van der Waals surface area (Å²) in [6.07, 6.45) is 1.73. The molecule has 1 amide bonds. The summed E-state index contributed by atoms with van der Waals surface area (Å²) in [5, 5.41) is 0.730. The Labute approximate surface area is 175 Å². The quantitative estimate of drug-likeness (QED) is 0.594. The molecule has 152 valence electrons. The number of hydrogen-bond acceptors (Lipinski definition) is 5. The lowest BCUT2D eigenvalue weighted by atomic mass is 10.1. The second-order valence-electron chi connectivity index (χ2n) is 7.42. The van der Waals surface area contributed by atoms with E-state index in [1.165, 1.54) is 15.8 Å². The van der Waals surface area contributed by atoms with E-state index in [1.807, 2.05) is 36.1 Å². The number of piperidine rings is 1. The van der Waals surface area contributed by atoms with Crippen LogP contribution in [0.4, 0.5) is 0 Å². The second-order valence-corrected chi connectivity index (χ2v) is 8.39. The fraction of sp³-hybridized carbons (Fsp3) is 0.391. The van der Waals surface area contributed by atoms with Crippen LogP contribution in [0.25, 0.3) is 10.2 Å². The van der Waals surface area contributed by atoms with Gasteiger partial charge in [-0.15, -0.1) is 0 Å². The molecule has 0 atom stereocenters. The second kappa shape index (κ2) is 8.41. The Kier molecular flexibility index (Phi) is 5.72. The largest absolute Gasteiger partial charge is 0.494 e. The first-order valence-corrected chi connectivity index (χ1v) is 10.9. The molecule has 3 aromatic rings. The molecule has 2 heterocycles. The molecule has 1 fully saturated rings. The number of likely N-dealkylation sites (tertiary alicyclic amines) is 1. The molecule has 2 aromatic carbocycles. The van der Waals surface area contributed by atoms with Crippen molar-refractivity contribution in [3.8, 4) is 10.9 Å².